The lowest BCUT2D eigenvalue weighted by atomic mass is 10.0. The van der Waals surface area contributed by atoms with Crippen LogP contribution in [0.4, 0.5) is 33.7 Å². The molecule has 14 heteroatoms. The Hall–Kier alpha value is -4.20. The lowest BCUT2D eigenvalue weighted by molar-refractivity contribution is -0.133. The van der Waals surface area contributed by atoms with Crippen molar-refractivity contribution in [2.24, 2.45) is 0 Å². The fourth-order valence-electron chi connectivity index (χ4n) is 5.53. The number of carbonyl (C=O) groups excluding carboxylic acids is 1. The van der Waals surface area contributed by atoms with E-state index < -0.39 is 24.2 Å². The van der Waals surface area contributed by atoms with Crippen LogP contribution in [0.25, 0.3) is 22.3 Å². The Bertz CT molecular complexity index is 1680. The lowest BCUT2D eigenvalue weighted by Crippen LogP contribution is -2.45. The molecule has 234 valence electrons. The minimum atomic E-state index is -4.20. The maximum Gasteiger partial charge on any atom is 0.390 e. The summed E-state index contributed by atoms with van der Waals surface area (Å²) >= 11 is 0. The summed E-state index contributed by atoms with van der Waals surface area (Å²) in [6.07, 6.45) is -3.00. The smallest absolute Gasteiger partial charge is 0.338 e. The number of nitrogens with zero attached hydrogens (tertiary/aromatic N) is 6. The molecule has 0 radical (unpaired) electrons. The number of amides is 1. The Balaban J connectivity index is 1.28. The van der Waals surface area contributed by atoms with Gasteiger partial charge in [-0.05, 0) is 64.8 Å². The van der Waals surface area contributed by atoms with Crippen LogP contribution in [0.15, 0.2) is 30.5 Å². The van der Waals surface area contributed by atoms with Crippen LogP contribution in [0.1, 0.15) is 61.0 Å². The molecule has 1 amide bonds. The molecule has 2 N–H and O–H groups in total. The summed E-state index contributed by atoms with van der Waals surface area (Å²) in [5.41, 5.74) is 1.68. The second kappa shape index (κ2) is 12.4. The highest BCUT2D eigenvalue weighted by atomic mass is 19.4. The molecule has 4 heterocycles. The van der Waals surface area contributed by atoms with Crippen molar-refractivity contribution in [2.75, 3.05) is 25.0 Å². The molecule has 1 fully saturated rings. The number of hydrogen-bond acceptors (Lipinski definition) is 7. The van der Waals surface area contributed by atoms with Gasteiger partial charge in [-0.1, -0.05) is 0 Å². The van der Waals surface area contributed by atoms with Gasteiger partial charge < -0.3 is 20.1 Å². The quantitative estimate of drug-likeness (QED) is 0.226. The van der Waals surface area contributed by atoms with Crippen molar-refractivity contribution < 1.29 is 26.7 Å². The van der Waals surface area contributed by atoms with E-state index in [0.717, 1.165) is 6.20 Å². The van der Waals surface area contributed by atoms with Gasteiger partial charge in [0.05, 0.1) is 29.4 Å². The molecular formula is C30H33F5N8O. The zero-order chi connectivity index (χ0) is 31.8. The van der Waals surface area contributed by atoms with Crippen LogP contribution in [0.5, 0.6) is 0 Å². The Morgan fingerprint density at radius 2 is 1.77 bits per heavy atom. The molecule has 44 heavy (non-hydrogen) atoms. The average Bonchev–Trinajstić information content (AvgIpc) is 3.30. The van der Waals surface area contributed by atoms with E-state index in [4.69, 9.17) is 0 Å². The summed E-state index contributed by atoms with van der Waals surface area (Å²) in [6.45, 7) is 8.05. The van der Waals surface area contributed by atoms with Gasteiger partial charge in [-0.3, -0.25) is 4.79 Å². The van der Waals surface area contributed by atoms with Crippen molar-refractivity contribution in [1.82, 2.24) is 34.7 Å². The first kappa shape index (κ1) is 31.2. The van der Waals surface area contributed by atoms with Crippen LogP contribution in [0.2, 0.25) is 0 Å². The van der Waals surface area contributed by atoms with Gasteiger partial charge in [-0.15, -0.1) is 0 Å². The summed E-state index contributed by atoms with van der Waals surface area (Å²) in [5.74, 6) is -0.552. The highest BCUT2D eigenvalue weighted by Crippen LogP contribution is 2.30. The number of rotatable bonds is 8. The van der Waals surface area contributed by atoms with Crippen LogP contribution < -0.4 is 10.6 Å². The summed E-state index contributed by atoms with van der Waals surface area (Å²) in [5, 5.41) is 5.84. The molecule has 3 aromatic heterocycles. The number of pyridine rings is 1. The van der Waals surface area contributed by atoms with Crippen LogP contribution in [0, 0.1) is 25.5 Å². The maximum atomic E-state index is 15.0. The third-order valence-electron chi connectivity index (χ3n) is 7.64. The van der Waals surface area contributed by atoms with Crippen molar-refractivity contribution in [1.29, 1.82) is 0 Å². The lowest BCUT2D eigenvalue weighted by Gasteiger charge is -2.33. The summed E-state index contributed by atoms with van der Waals surface area (Å²) < 4.78 is 69.0. The van der Waals surface area contributed by atoms with Gasteiger partial charge in [0.15, 0.2) is 11.6 Å². The SMILES string of the molecule is Cc1nc(Nc2ncc(F)c(-c3cc(F)c4nc(C)n(C(C)C)c4c3)n2)ccc1C(=O)N1CCC(NCCC(F)(F)F)CC1. The van der Waals surface area contributed by atoms with Crippen molar-refractivity contribution in [3.63, 3.8) is 0 Å². The topological polar surface area (TPSA) is 101 Å². The maximum absolute atomic E-state index is 15.0. The van der Waals surface area contributed by atoms with Gasteiger partial charge in [0.2, 0.25) is 5.95 Å². The zero-order valence-electron chi connectivity index (χ0n) is 24.8. The molecular weight excluding hydrogens is 583 g/mol. The average molecular weight is 617 g/mol. The van der Waals surface area contributed by atoms with Gasteiger partial charge in [0.1, 0.15) is 22.9 Å². The van der Waals surface area contributed by atoms with Crippen molar-refractivity contribution in [3.05, 3.63) is 59.2 Å². The minimum absolute atomic E-state index is 0.00626. The van der Waals surface area contributed by atoms with Crippen molar-refractivity contribution in [2.45, 2.75) is 65.2 Å². The predicted molar refractivity (Wildman–Crippen MR) is 156 cm³/mol. The molecule has 0 saturated carbocycles. The molecule has 0 bridgehead atoms. The highest BCUT2D eigenvalue weighted by Gasteiger charge is 2.29. The number of fused-ring (bicyclic) bond motifs is 1. The Kier molecular flexibility index (Phi) is 8.82. The zero-order valence-corrected chi connectivity index (χ0v) is 24.8. The second-order valence-corrected chi connectivity index (χ2v) is 11.2. The standard InChI is InChI=1S/C30H33F5N8O/c1-16(2)43-18(4)39-27-22(31)13-19(14-24(27)43)26-23(32)15-37-29(41-26)40-25-6-5-21(17(3)38-25)28(44)42-11-7-20(8-12-42)36-10-9-30(33,34)35/h5-6,13-16,20,36H,7-12H2,1-4H3,(H,37,38,40,41). The van der Waals surface area contributed by atoms with Gasteiger partial charge >= 0.3 is 6.18 Å². The van der Waals surface area contributed by atoms with E-state index in [9.17, 15) is 22.4 Å². The molecule has 0 atom stereocenters. The number of carbonyl (C=O) groups is 1. The van der Waals surface area contributed by atoms with E-state index in [-0.39, 0.29) is 47.3 Å². The van der Waals surface area contributed by atoms with Gasteiger partial charge in [0.25, 0.3) is 5.91 Å². The summed E-state index contributed by atoms with van der Waals surface area (Å²) in [7, 11) is 0. The van der Waals surface area contributed by atoms with E-state index in [2.05, 4.69) is 30.6 Å². The van der Waals surface area contributed by atoms with Crippen molar-refractivity contribution in [3.8, 4) is 11.3 Å². The van der Waals surface area contributed by atoms with E-state index in [0.29, 0.717) is 54.3 Å². The Morgan fingerprint density at radius 3 is 2.43 bits per heavy atom. The number of piperidine rings is 1. The molecule has 0 unspecified atom stereocenters. The molecule has 5 rings (SSSR count). The predicted octanol–water partition coefficient (Wildman–Crippen LogP) is 6.25. The van der Waals surface area contributed by atoms with Crippen LogP contribution in [0.3, 0.4) is 0 Å². The number of hydrogen-bond donors (Lipinski definition) is 2. The summed E-state index contributed by atoms with van der Waals surface area (Å²) in [6, 6.07) is 5.97. The van der Waals surface area contributed by atoms with Gasteiger partial charge in [-0.25, -0.2) is 28.7 Å². The molecule has 1 aromatic carbocycles. The number of alkyl halides is 3. The molecule has 4 aromatic rings. The van der Waals surface area contributed by atoms with E-state index in [1.54, 1.807) is 36.9 Å². The number of imidazole rings is 1. The third-order valence-corrected chi connectivity index (χ3v) is 7.64. The molecule has 0 aliphatic carbocycles. The number of anilines is 2. The van der Waals surface area contributed by atoms with Crippen LogP contribution >= 0.6 is 0 Å². The molecule has 9 nitrogen and oxygen atoms in total. The van der Waals surface area contributed by atoms with Crippen LogP contribution in [-0.2, 0) is 0 Å². The fraction of sp³-hybridized carbons (Fsp3) is 0.433. The van der Waals surface area contributed by atoms with Gasteiger partial charge in [-0.2, -0.15) is 13.2 Å². The van der Waals surface area contributed by atoms with E-state index in [1.807, 2.05) is 18.4 Å². The third kappa shape index (κ3) is 6.79. The van der Waals surface area contributed by atoms with Crippen molar-refractivity contribution >= 4 is 28.7 Å². The number of likely N-dealkylation sites (tertiary alicyclic amines) is 1. The number of benzene rings is 1. The molecule has 1 saturated heterocycles. The number of aryl methyl sites for hydroxylation is 2. The van der Waals surface area contributed by atoms with E-state index in [1.165, 1.54) is 6.07 Å². The highest BCUT2D eigenvalue weighted by molar-refractivity contribution is 5.95. The largest absolute Gasteiger partial charge is 0.390 e. The first-order valence-electron chi connectivity index (χ1n) is 14.4. The first-order chi connectivity index (χ1) is 20.8. The number of aromatic nitrogens is 5. The molecule has 0 spiro atoms. The van der Waals surface area contributed by atoms with Gasteiger partial charge in [0, 0.05) is 37.3 Å². The normalized spacial score (nSPS) is 14.5. The Morgan fingerprint density at radius 1 is 1.05 bits per heavy atom. The molecule has 1 aliphatic heterocycles. The summed E-state index contributed by atoms with van der Waals surface area (Å²) in [4.78, 5) is 31.9. The minimum Gasteiger partial charge on any atom is -0.338 e. The number of nitrogens with one attached hydrogen (secondary N) is 2. The van der Waals surface area contributed by atoms with E-state index >= 15 is 4.39 Å². The second-order valence-electron chi connectivity index (χ2n) is 11.2. The monoisotopic (exact) mass is 616 g/mol. The number of halogens is 5. The fourth-order valence-corrected chi connectivity index (χ4v) is 5.53. The van der Waals surface area contributed by atoms with Crippen LogP contribution in [-0.4, -0.2) is 67.2 Å². The Labute approximate surface area is 250 Å². The first-order valence-corrected chi connectivity index (χ1v) is 14.4. The molecule has 1 aliphatic rings.